The number of fused-ring (bicyclic) bond motifs is 10. The lowest BCUT2D eigenvalue weighted by Crippen LogP contribution is -2.75. The first kappa shape index (κ1) is 65.4. The van der Waals surface area contributed by atoms with Gasteiger partial charge in [0.2, 0.25) is 0 Å². The minimum atomic E-state index is -0.664. The minimum Gasteiger partial charge on any atom is -0.347 e. The number of ether oxygens (including phenoxy) is 15. The second-order valence-electron chi connectivity index (χ2n) is 32.7. The number of nitrogens with zero attached hydrogens (tertiary/aromatic N) is 3. The maximum Gasteiger partial charge on any atom is 0.273 e. The molecule has 0 N–H and O–H groups in total. The summed E-state index contributed by atoms with van der Waals surface area (Å²) in [6.45, 7) is 26.0. The highest BCUT2D eigenvalue weighted by Gasteiger charge is 2.97. The lowest BCUT2D eigenvalue weighted by Gasteiger charge is -2.67. The van der Waals surface area contributed by atoms with Crippen LogP contribution in [-0.4, -0.2) is 156 Å². The largest absolute Gasteiger partial charge is 0.347 e. The fourth-order valence-electron chi connectivity index (χ4n) is 26.0. The highest BCUT2D eigenvalue weighted by Crippen LogP contribution is 2.90. The van der Waals surface area contributed by atoms with Gasteiger partial charge in [0.1, 0.15) is 15.7 Å². The van der Waals surface area contributed by atoms with Crippen molar-refractivity contribution in [2.75, 3.05) is 39.6 Å². The third kappa shape index (κ3) is 7.76. The number of carbonyl (C=O) groups is 3. The first-order valence-electron chi connectivity index (χ1n) is 35.3. The minimum absolute atomic E-state index is 0.00868. The third-order valence-corrected chi connectivity index (χ3v) is 32.8. The van der Waals surface area contributed by atoms with Crippen molar-refractivity contribution in [1.82, 2.24) is 0 Å². The Morgan fingerprint density at radius 1 is 0.505 bits per heavy atom. The number of halogens is 2. The molecule has 12 aliphatic heterocycles. The zero-order chi connectivity index (χ0) is 66.4. The molecule has 0 amide bonds. The van der Waals surface area contributed by atoms with Crippen molar-refractivity contribution >= 4 is 49.2 Å². The quantitative estimate of drug-likeness (QED) is 0.161. The molecule has 0 radical (unpaired) electrons. The average Bonchev–Trinajstić information content (AvgIpc) is 1.42. The van der Waals surface area contributed by atoms with Gasteiger partial charge in [-0.3, -0.25) is 14.4 Å². The Kier molecular flexibility index (Phi) is 14.8. The van der Waals surface area contributed by atoms with Crippen molar-refractivity contribution in [3.63, 3.8) is 0 Å². The molecule has 21 nitrogen and oxygen atoms in total. The molecule has 95 heavy (non-hydrogen) atoms. The predicted octanol–water partition coefficient (Wildman–Crippen LogP) is 10.1. The summed E-state index contributed by atoms with van der Waals surface area (Å²) in [5.74, 6) is 1.62. The van der Waals surface area contributed by atoms with Crippen LogP contribution in [0.1, 0.15) is 157 Å². The number of allylic oxidation sites excluding steroid dienone is 4. The standard InChI is InChI=1S/2C23H29BrO6.C23H28O6.3CHN/c1-11-14-9-20-5-3-13-12-4-6-21(26-7-8-27-21)19(12,2)10-15(25)22(13)17(24)23(20,22)16(11)29-18(28-14)30-20;1-12-16-10-21-5-3-14-13-4-6-23(26-7-8-27-23)20(13,2)11-17(25)22(14,24)9-15(21)18(12)29-19(28-16)30-21;1-12-18-11-22-5-3-13-14(9-16(22)19(12)28-20(27-18)29-22)17(24)10-21(2)15(13)4-6-23(21)25-7-8-26-23;3*1-2/h11-14,16-18H,3-10H2,1-2H3;9,12-14,16,18-19H,3-8,10-11H2,1-2H3;9,12,15,18-20H,3-8,10-11H2,1-2H3;3*1H/t11?,12?,13?,14?,16?,17-,18?,19?,20?,22?,23?;12?,13-,14-,16?,18?,19?,20-,21?,22-;12?,15-,18?,19?,20?,21-,22?;;;/m100.../s1. The number of Topliss-reactive ketones (excluding diaryl/α,β-unsaturated/α-hetero) is 3. The first-order valence-corrected chi connectivity index (χ1v) is 37.0. The summed E-state index contributed by atoms with van der Waals surface area (Å²) < 4.78 is 92.1. The molecule has 27 atom stereocenters. The summed E-state index contributed by atoms with van der Waals surface area (Å²) in [4.78, 5) is 41.7. The van der Waals surface area contributed by atoms with Crippen LogP contribution in [-0.2, 0) is 85.4 Å². The van der Waals surface area contributed by atoms with Crippen LogP contribution in [0.3, 0.4) is 0 Å². The van der Waals surface area contributed by atoms with E-state index in [4.69, 9.17) is 86.8 Å². The number of ketones is 3. The number of carbonyl (C=O) groups excluding carboxylic acids is 3. The summed E-state index contributed by atoms with van der Waals surface area (Å²) >= 11 is 8.11. The Bertz CT molecular complexity index is 3420. The fraction of sp³-hybridized carbons (Fsp3) is 0.833. The third-order valence-electron chi connectivity index (χ3n) is 30.1. The van der Waals surface area contributed by atoms with E-state index in [0.29, 0.717) is 88.4 Å². The molecule has 20 unspecified atom stereocenters. The van der Waals surface area contributed by atoms with Gasteiger partial charge in [0, 0.05) is 122 Å². The number of hydrogen-bond donors (Lipinski definition) is 0. The van der Waals surface area contributed by atoms with Gasteiger partial charge in [-0.15, -0.1) is 0 Å². The van der Waals surface area contributed by atoms with Gasteiger partial charge in [0.05, 0.1) is 98.3 Å². The van der Waals surface area contributed by atoms with E-state index < -0.39 is 41.1 Å². The van der Waals surface area contributed by atoms with Crippen molar-refractivity contribution in [1.29, 1.82) is 15.8 Å². The Morgan fingerprint density at radius 2 is 0.989 bits per heavy atom. The van der Waals surface area contributed by atoms with E-state index in [0.717, 1.165) is 102 Å². The summed E-state index contributed by atoms with van der Waals surface area (Å²) in [5, 5.41) is 19.5. The lowest BCUT2D eigenvalue weighted by atomic mass is 9.46. The average molecular weight is 1440 g/mol. The second kappa shape index (κ2) is 21.6. The van der Waals surface area contributed by atoms with Crippen LogP contribution in [0, 0.1) is 110 Å². The topological polar surface area (TPSA) is 261 Å². The molecule has 514 valence electrons. The van der Waals surface area contributed by atoms with Gasteiger partial charge in [-0.05, 0) is 105 Å². The molecule has 23 heteroatoms. The van der Waals surface area contributed by atoms with Crippen molar-refractivity contribution in [2.24, 2.45) is 74.4 Å². The van der Waals surface area contributed by atoms with Crippen molar-refractivity contribution in [3.8, 4) is 19.7 Å². The second-order valence-corrected chi connectivity index (χ2v) is 34.9. The SMILES string of the molecule is C#N.C#N.C#N.CC1C2CC34CCC5=C(C=C3C1OC(O2)O4)C(=O)C[C@@]1(C)[C@H]5CCC12OCCO2.CC1C2CC34CCC5C6CCC7(OCCO7)C6(C)CC(=O)C56[C@@H](Br)C36C1OC(O2)O4.CC1C2CC34CC[C@H]5[C@@H]6CCC7(OCCO7)[C@@]6(C)CC(=O)[C@]5(Br)C=C3C1OC(O2)O4. The predicted molar refractivity (Wildman–Crippen MR) is 336 cm³/mol. The van der Waals surface area contributed by atoms with Gasteiger partial charge < -0.3 is 71.1 Å². The molecular formula is C72H89Br2N3O18. The van der Waals surface area contributed by atoms with Gasteiger partial charge >= 0.3 is 0 Å². The van der Waals surface area contributed by atoms with Crippen LogP contribution in [0.4, 0.5) is 0 Å². The van der Waals surface area contributed by atoms with Gasteiger partial charge in [0.25, 0.3) is 19.4 Å². The summed E-state index contributed by atoms with van der Waals surface area (Å²) in [5.41, 5.74) is 2.13. The molecule has 22 fully saturated rings. The van der Waals surface area contributed by atoms with Crippen LogP contribution >= 0.6 is 31.9 Å². The molecular weight excluding hydrogens is 1350 g/mol. The molecule has 25 aliphatic rings. The van der Waals surface area contributed by atoms with Gasteiger partial charge in [-0.25, -0.2) is 15.8 Å². The zero-order valence-electron chi connectivity index (χ0n) is 55.2. The van der Waals surface area contributed by atoms with Crippen LogP contribution in [0.2, 0.25) is 0 Å². The highest BCUT2D eigenvalue weighted by molar-refractivity contribution is 9.10. The summed E-state index contributed by atoms with van der Waals surface area (Å²) in [6.07, 6.45) is 20.5. The molecule has 0 aromatic heterocycles. The smallest absolute Gasteiger partial charge is 0.273 e. The molecule has 0 aromatic rings. The van der Waals surface area contributed by atoms with Crippen LogP contribution in [0.15, 0.2) is 34.4 Å². The maximum atomic E-state index is 14.3. The van der Waals surface area contributed by atoms with Gasteiger partial charge in [-0.1, -0.05) is 85.1 Å². The maximum absolute atomic E-state index is 14.3. The van der Waals surface area contributed by atoms with E-state index in [9.17, 15) is 14.4 Å². The number of hydrogen-bond acceptors (Lipinski definition) is 21. The van der Waals surface area contributed by atoms with E-state index in [1.807, 2.05) is 0 Å². The Morgan fingerprint density at radius 3 is 1.58 bits per heavy atom. The molecule has 25 rings (SSSR count). The number of nitriles is 3. The number of alkyl halides is 2. The normalized spacial score (nSPS) is 54.9. The fourth-order valence-corrected chi connectivity index (χ4v) is 28.8. The molecule has 12 heterocycles. The van der Waals surface area contributed by atoms with Gasteiger partial charge in [0.15, 0.2) is 28.9 Å². The van der Waals surface area contributed by atoms with Crippen molar-refractivity contribution < 1.29 is 85.4 Å². The van der Waals surface area contributed by atoms with Gasteiger partial charge in [-0.2, -0.15) is 0 Å². The van der Waals surface area contributed by atoms with E-state index in [2.05, 4.69) is 105 Å². The number of rotatable bonds is 0. The van der Waals surface area contributed by atoms with Crippen molar-refractivity contribution in [3.05, 3.63) is 34.4 Å². The van der Waals surface area contributed by atoms with Crippen LogP contribution in [0.25, 0.3) is 0 Å². The Balaban J connectivity index is 0.000000104. The highest BCUT2D eigenvalue weighted by atomic mass is 79.9. The van der Waals surface area contributed by atoms with Crippen LogP contribution in [0.5, 0.6) is 0 Å². The first-order chi connectivity index (χ1) is 45.6. The molecule has 12 bridgehead atoms. The molecule has 12 saturated heterocycles. The Labute approximate surface area is 572 Å². The van der Waals surface area contributed by atoms with Crippen LogP contribution < -0.4 is 0 Å². The molecule has 10 saturated carbocycles. The van der Waals surface area contributed by atoms with E-state index in [1.54, 1.807) is 0 Å². The van der Waals surface area contributed by atoms with Crippen molar-refractivity contribution in [2.45, 2.75) is 256 Å². The van der Waals surface area contributed by atoms with E-state index in [-0.39, 0.29) is 121 Å². The van der Waals surface area contributed by atoms with E-state index >= 15 is 0 Å². The Hall–Kier alpha value is -2.94. The molecule has 0 aromatic carbocycles. The summed E-state index contributed by atoms with van der Waals surface area (Å²) in [6, 6.07) is 0. The monoisotopic (exact) mass is 1440 g/mol. The van der Waals surface area contributed by atoms with E-state index in [1.165, 1.54) is 16.7 Å². The lowest BCUT2D eigenvalue weighted by molar-refractivity contribution is -0.493. The molecule has 13 aliphatic carbocycles. The zero-order valence-corrected chi connectivity index (χ0v) is 58.4. The summed E-state index contributed by atoms with van der Waals surface area (Å²) in [7, 11) is 0. The molecule has 8 spiro atoms.